The molecule has 0 unspecified atom stereocenters. The lowest BCUT2D eigenvalue weighted by atomic mass is 9.64. The summed E-state index contributed by atoms with van der Waals surface area (Å²) in [4.78, 5) is 46.2. The number of anilines is 2. The van der Waals surface area contributed by atoms with Crippen molar-refractivity contribution in [3.63, 3.8) is 0 Å². The maximum absolute atomic E-state index is 14.8. The number of benzene rings is 3. The summed E-state index contributed by atoms with van der Waals surface area (Å²) in [6.07, 6.45) is 2.04. The summed E-state index contributed by atoms with van der Waals surface area (Å²) < 4.78 is 0. The smallest absolute Gasteiger partial charge is 0.238 e. The number of hydrogen-bond donors (Lipinski definition) is 1. The Morgan fingerprint density at radius 1 is 0.950 bits per heavy atom. The van der Waals surface area contributed by atoms with Gasteiger partial charge in [0.2, 0.25) is 5.91 Å². The topological polar surface area (TPSA) is 66.5 Å². The fourth-order valence-corrected chi connectivity index (χ4v) is 8.01. The number of para-hydroxylation sites is 2. The van der Waals surface area contributed by atoms with Crippen LogP contribution >= 0.6 is 34.5 Å². The molecule has 7 rings (SSSR count). The van der Waals surface area contributed by atoms with Crippen LogP contribution in [0.2, 0.25) is 10.0 Å². The zero-order valence-electron chi connectivity index (χ0n) is 21.2. The maximum Gasteiger partial charge on any atom is 0.238 e. The number of amides is 1. The number of ketones is 2. The summed E-state index contributed by atoms with van der Waals surface area (Å²) in [6.45, 7) is 2.00. The number of carbonyl (C=O) groups excluding carboxylic acids is 3. The molecule has 1 aromatic heterocycles. The number of Topliss-reactive ketones (excluding diaryl/α,β-unsaturated/α-hetero) is 2. The molecule has 3 aromatic carbocycles. The molecule has 0 radical (unpaired) electrons. The van der Waals surface area contributed by atoms with Gasteiger partial charge in [0.05, 0.1) is 21.9 Å². The van der Waals surface area contributed by atoms with Crippen molar-refractivity contribution in [3.05, 3.63) is 122 Å². The molecule has 1 spiro atoms. The molecule has 3 aliphatic rings. The number of nitrogens with zero attached hydrogens (tertiary/aromatic N) is 1. The van der Waals surface area contributed by atoms with E-state index in [0.29, 0.717) is 21.2 Å². The summed E-state index contributed by atoms with van der Waals surface area (Å²) in [7, 11) is 0. The number of halogens is 2. The van der Waals surface area contributed by atoms with Crippen molar-refractivity contribution < 1.29 is 14.4 Å². The van der Waals surface area contributed by atoms with Gasteiger partial charge < -0.3 is 10.2 Å². The van der Waals surface area contributed by atoms with E-state index in [1.165, 1.54) is 17.4 Å². The number of nitrogens with one attached hydrogen (secondary N) is 1. The Kier molecular flexibility index (Phi) is 5.79. The molecule has 0 aliphatic carbocycles. The van der Waals surface area contributed by atoms with Crippen LogP contribution in [0.15, 0.2) is 90.3 Å². The Morgan fingerprint density at radius 3 is 2.50 bits per heavy atom. The zero-order valence-corrected chi connectivity index (χ0v) is 23.6. The number of thiophene rings is 1. The molecule has 198 valence electrons. The molecular weight excluding hydrogens is 563 g/mol. The quantitative estimate of drug-likeness (QED) is 0.255. The van der Waals surface area contributed by atoms with E-state index >= 15 is 0 Å². The van der Waals surface area contributed by atoms with Gasteiger partial charge in [-0.25, -0.2) is 0 Å². The standard InChI is InChI=1S/C32H22Cl2N2O3S/c1-17-15-26-32(21-8-3-4-9-23(21)35-31(32)39)27(29(37)20-13-12-18(33)16-22(20)34)28(30(38)25-11-6-14-40-25)36(26)24-10-5-2-7-19(17)24/h2-16,26-28H,1H3,(H,35,39)/t26-,27-,28-,32+/m0/s1. The van der Waals surface area contributed by atoms with Gasteiger partial charge in [-0.05, 0) is 59.8 Å². The van der Waals surface area contributed by atoms with Crippen molar-refractivity contribution >= 4 is 69.0 Å². The first-order chi connectivity index (χ1) is 19.3. The second-order valence-corrected chi connectivity index (χ2v) is 12.1. The van der Waals surface area contributed by atoms with E-state index < -0.39 is 23.4 Å². The molecular formula is C32H22Cl2N2O3S. The van der Waals surface area contributed by atoms with E-state index in [2.05, 4.69) is 5.32 Å². The van der Waals surface area contributed by atoms with E-state index in [1.54, 1.807) is 18.2 Å². The first kappa shape index (κ1) is 25.3. The Hall–Kier alpha value is -3.71. The van der Waals surface area contributed by atoms with Gasteiger partial charge in [0.1, 0.15) is 11.5 Å². The van der Waals surface area contributed by atoms with Gasteiger partial charge in [0, 0.05) is 27.5 Å². The largest absolute Gasteiger partial charge is 0.352 e. The predicted octanol–water partition coefficient (Wildman–Crippen LogP) is 7.30. The molecule has 1 N–H and O–H groups in total. The van der Waals surface area contributed by atoms with Crippen LogP contribution in [0, 0.1) is 5.92 Å². The number of fused-ring (bicyclic) bond motifs is 6. The van der Waals surface area contributed by atoms with Crippen LogP contribution in [0.1, 0.15) is 38.1 Å². The van der Waals surface area contributed by atoms with Crippen molar-refractivity contribution in [3.8, 4) is 0 Å². The first-order valence-electron chi connectivity index (χ1n) is 12.9. The molecule has 4 aromatic rings. The van der Waals surface area contributed by atoms with Crippen LogP contribution in [0.3, 0.4) is 0 Å². The van der Waals surface area contributed by atoms with Crippen molar-refractivity contribution in [2.45, 2.75) is 24.4 Å². The summed E-state index contributed by atoms with van der Waals surface area (Å²) >= 11 is 14.1. The number of hydrogen-bond acceptors (Lipinski definition) is 5. The minimum atomic E-state index is -1.39. The van der Waals surface area contributed by atoms with Crippen molar-refractivity contribution in [1.82, 2.24) is 0 Å². The Bertz CT molecular complexity index is 1770. The van der Waals surface area contributed by atoms with Crippen LogP contribution in [-0.4, -0.2) is 29.6 Å². The van der Waals surface area contributed by atoms with Gasteiger partial charge in [0.15, 0.2) is 11.6 Å². The van der Waals surface area contributed by atoms with Crippen molar-refractivity contribution in [2.75, 3.05) is 10.2 Å². The number of allylic oxidation sites excluding steroid dienone is 1. The van der Waals surface area contributed by atoms with Gasteiger partial charge in [-0.3, -0.25) is 14.4 Å². The van der Waals surface area contributed by atoms with E-state index in [1.807, 2.05) is 77.9 Å². The van der Waals surface area contributed by atoms with Crippen LogP contribution < -0.4 is 10.2 Å². The lowest BCUT2D eigenvalue weighted by Crippen LogP contribution is -2.51. The third-order valence-electron chi connectivity index (χ3n) is 8.40. The molecule has 8 heteroatoms. The fraction of sp³-hybridized carbons (Fsp3) is 0.156. The average Bonchev–Trinajstić information content (AvgIpc) is 3.65. The summed E-state index contributed by atoms with van der Waals surface area (Å²) in [5.74, 6) is -1.97. The number of rotatable bonds is 4. The molecule has 0 saturated carbocycles. The van der Waals surface area contributed by atoms with E-state index in [0.717, 1.165) is 16.8 Å². The molecule has 4 atom stereocenters. The van der Waals surface area contributed by atoms with Crippen molar-refractivity contribution in [2.24, 2.45) is 5.92 Å². The van der Waals surface area contributed by atoms with Gasteiger partial charge in [0.25, 0.3) is 0 Å². The Labute approximate surface area is 245 Å². The van der Waals surface area contributed by atoms with Crippen LogP contribution in [0.5, 0.6) is 0 Å². The van der Waals surface area contributed by atoms with E-state index in [-0.39, 0.29) is 28.1 Å². The molecule has 3 aliphatic heterocycles. The number of carbonyl (C=O) groups is 3. The molecule has 4 heterocycles. The highest BCUT2D eigenvalue weighted by molar-refractivity contribution is 7.12. The van der Waals surface area contributed by atoms with Gasteiger partial charge in [-0.1, -0.05) is 71.7 Å². The Morgan fingerprint density at radius 2 is 1.73 bits per heavy atom. The minimum Gasteiger partial charge on any atom is -0.352 e. The third kappa shape index (κ3) is 3.36. The molecule has 0 bridgehead atoms. The Balaban J connectivity index is 1.57. The van der Waals surface area contributed by atoms with Gasteiger partial charge in [-0.2, -0.15) is 0 Å². The minimum absolute atomic E-state index is 0.179. The van der Waals surface area contributed by atoms with Gasteiger partial charge >= 0.3 is 0 Å². The first-order valence-corrected chi connectivity index (χ1v) is 14.5. The normalized spacial score (nSPS) is 24.3. The van der Waals surface area contributed by atoms with E-state index in [4.69, 9.17) is 23.2 Å². The zero-order chi connectivity index (χ0) is 27.8. The highest BCUT2D eigenvalue weighted by Gasteiger charge is 2.70. The van der Waals surface area contributed by atoms with Gasteiger partial charge in [-0.15, -0.1) is 11.3 Å². The SMILES string of the molecule is CC1=C[C@@H]2N(c3ccccc31)[C@H](C(=O)c1cccs1)[C@@H](C(=O)c1ccc(Cl)cc1Cl)[C@]21C(=O)Nc2ccccc21. The lowest BCUT2D eigenvalue weighted by molar-refractivity contribution is -0.121. The highest BCUT2D eigenvalue weighted by atomic mass is 35.5. The third-order valence-corrected chi connectivity index (χ3v) is 9.83. The fourth-order valence-electron chi connectivity index (χ4n) is 6.81. The molecule has 40 heavy (non-hydrogen) atoms. The molecule has 1 amide bonds. The summed E-state index contributed by atoms with van der Waals surface area (Å²) in [5, 5.41) is 5.46. The molecule has 1 fully saturated rings. The second-order valence-electron chi connectivity index (χ2n) is 10.3. The van der Waals surface area contributed by atoms with E-state index in [9.17, 15) is 14.4 Å². The average molecular weight is 586 g/mol. The van der Waals surface area contributed by atoms with Crippen LogP contribution in [0.4, 0.5) is 11.4 Å². The van der Waals surface area contributed by atoms with Crippen molar-refractivity contribution in [1.29, 1.82) is 0 Å². The van der Waals surface area contributed by atoms with Crippen LogP contribution in [0.25, 0.3) is 5.57 Å². The second kappa shape index (κ2) is 9.16. The predicted molar refractivity (Wildman–Crippen MR) is 160 cm³/mol. The van der Waals surface area contributed by atoms with Crippen LogP contribution in [-0.2, 0) is 10.2 Å². The highest BCUT2D eigenvalue weighted by Crippen LogP contribution is 2.59. The lowest BCUT2D eigenvalue weighted by Gasteiger charge is -2.39. The molecule has 5 nitrogen and oxygen atoms in total. The molecule has 1 saturated heterocycles. The summed E-state index contributed by atoms with van der Waals surface area (Å²) in [6, 6.07) is 22.0. The maximum atomic E-state index is 14.8. The monoisotopic (exact) mass is 584 g/mol. The summed E-state index contributed by atoms with van der Waals surface area (Å²) in [5.41, 5.74) is 2.94.